The predicted octanol–water partition coefficient (Wildman–Crippen LogP) is -0.699. The van der Waals surface area contributed by atoms with Crippen molar-refractivity contribution in [1.29, 1.82) is 0 Å². The standard InChI is InChI=1S/C30H28N6O.2HI/c1-3-36-19-16-27(25-6-4-5-7-29(25)36)32-22-10-8-21(9-11-22)30(37)34-24-12-13-28(26(31)20-24)33-23-14-17-35(2)18-15-23;;/h4-20H,3,31H2,1-2H3,(H,34,37);2*1H. The van der Waals surface area contributed by atoms with Gasteiger partial charge in [0.1, 0.15) is 13.6 Å². The molecule has 2 heterocycles. The summed E-state index contributed by atoms with van der Waals surface area (Å²) in [6.07, 6.45) is 5.99. The first kappa shape index (κ1) is 30.1. The molecule has 0 aliphatic heterocycles. The van der Waals surface area contributed by atoms with Gasteiger partial charge in [-0.25, -0.2) is 4.57 Å². The summed E-state index contributed by atoms with van der Waals surface area (Å²) in [6.45, 7) is 3.04. The molecule has 0 fully saturated rings. The number of fused-ring (bicyclic) bond motifs is 1. The number of carbonyl (C=O) groups excluding carboxylic acids is 1. The summed E-state index contributed by atoms with van der Waals surface area (Å²) in [4.78, 5) is 12.9. The maximum atomic E-state index is 12.9. The van der Waals surface area contributed by atoms with E-state index in [0.717, 1.165) is 34.7 Å². The number of hydrogen-bond donors (Lipinski definition) is 4. The monoisotopic (exact) mass is 744 g/mol. The fourth-order valence-corrected chi connectivity index (χ4v) is 4.23. The Morgan fingerprint density at radius 2 is 1.41 bits per heavy atom. The number of nitrogens with zero attached hydrogens (tertiary/aromatic N) is 2. The van der Waals surface area contributed by atoms with Gasteiger partial charge in [-0.15, -0.1) is 0 Å². The summed E-state index contributed by atoms with van der Waals surface area (Å²) < 4.78 is 4.17. The number of nitrogen functional groups attached to an aromatic ring is 1. The Labute approximate surface area is 262 Å². The van der Waals surface area contributed by atoms with E-state index in [2.05, 4.69) is 51.8 Å². The molecule has 0 saturated carbocycles. The minimum absolute atomic E-state index is 0. The highest BCUT2D eigenvalue weighted by molar-refractivity contribution is 6.05. The smallest absolute Gasteiger partial charge is 0.255 e. The van der Waals surface area contributed by atoms with Crippen LogP contribution in [0.1, 0.15) is 17.3 Å². The Bertz CT molecular complexity index is 1570. The molecule has 0 aliphatic carbocycles. The number of pyridine rings is 2. The zero-order chi connectivity index (χ0) is 25.8. The van der Waals surface area contributed by atoms with E-state index < -0.39 is 0 Å². The second-order valence-corrected chi connectivity index (χ2v) is 8.87. The molecule has 1 amide bonds. The van der Waals surface area contributed by atoms with Crippen LogP contribution in [0.3, 0.4) is 0 Å². The molecule has 9 heteroatoms. The number of halogens is 2. The maximum absolute atomic E-state index is 12.9. The van der Waals surface area contributed by atoms with Crippen LogP contribution in [0.4, 0.5) is 34.1 Å². The van der Waals surface area contributed by atoms with Gasteiger partial charge in [0.2, 0.25) is 5.52 Å². The van der Waals surface area contributed by atoms with Crippen molar-refractivity contribution in [3.8, 4) is 0 Å². The van der Waals surface area contributed by atoms with Crippen molar-refractivity contribution in [3.63, 3.8) is 0 Å². The number of carbonyl (C=O) groups is 1. The van der Waals surface area contributed by atoms with Crippen molar-refractivity contribution < 1.29 is 61.9 Å². The number of para-hydroxylation sites is 1. The van der Waals surface area contributed by atoms with Gasteiger partial charge >= 0.3 is 0 Å². The normalized spacial score (nSPS) is 10.2. The van der Waals surface area contributed by atoms with Crippen molar-refractivity contribution in [3.05, 3.63) is 109 Å². The molecule has 0 bridgehead atoms. The zero-order valence-electron chi connectivity index (χ0n) is 21.7. The predicted molar refractivity (Wildman–Crippen MR) is 149 cm³/mol. The number of nitrogens with one attached hydrogen (secondary N) is 3. The minimum Gasteiger partial charge on any atom is -1.00 e. The van der Waals surface area contributed by atoms with Crippen molar-refractivity contribution >= 4 is 50.9 Å². The second-order valence-electron chi connectivity index (χ2n) is 8.87. The number of nitrogens with two attached hydrogens (primary N) is 1. The highest BCUT2D eigenvalue weighted by Gasteiger charge is 2.12. The molecule has 200 valence electrons. The third-order valence-corrected chi connectivity index (χ3v) is 6.26. The largest absolute Gasteiger partial charge is 1.00 e. The average Bonchev–Trinajstić information content (AvgIpc) is 2.92. The highest BCUT2D eigenvalue weighted by Crippen LogP contribution is 2.27. The van der Waals surface area contributed by atoms with E-state index in [1.165, 1.54) is 5.52 Å². The van der Waals surface area contributed by atoms with Crippen LogP contribution in [-0.4, -0.2) is 5.91 Å². The van der Waals surface area contributed by atoms with Crippen LogP contribution < -0.4 is 78.8 Å². The average molecular weight is 744 g/mol. The van der Waals surface area contributed by atoms with E-state index in [0.29, 0.717) is 16.9 Å². The van der Waals surface area contributed by atoms with Gasteiger partial charge in [0.05, 0.1) is 28.1 Å². The first-order valence-corrected chi connectivity index (χ1v) is 12.2. The summed E-state index contributed by atoms with van der Waals surface area (Å²) in [7, 11) is 1.96. The molecule has 0 aliphatic rings. The summed E-state index contributed by atoms with van der Waals surface area (Å²) in [5, 5.41) is 10.9. The van der Waals surface area contributed by atoms with E-state index in [9.17, 15) is 4.79 Å². The number of rotatable bonds is 7. The number of anilines is 6. The van der Waals surface area contributed by atoms with Gasteiger partial charge in [0.25, 0.3) is 5.91 Å². The Morgan fingerprint density at radius 3 is 2.10 bits per heavy atom. The molecule has 0 unspecified atom stereocenters. The Kier molecular flexibility index (Phi) is 10.5. The van der Waals surface area contributed by atoms with E-state index >= 15 is 0 Å². The lowest BCUT2D eigenvalue weighted by Gasteiger charge is -2.12. The SMILES string of the molecule is CC[n+]1ccc(Nc2ccc(C(=O)Nc3ccc(Nc4cc[n+](C)cc4)c(N)c3)cc2)c2ccccc21.[I-].[I-]. The van der Waals surface area contributed by atoms with E-state index in [1.54, 1.807) is 6.07 Å². The van der Waals surface area contributed by atoms with Crippen molar-refractivity contribution in [2.75, 3.05) is 21.7 Å². The topological polar surface area (TPSA) is 86.9 Å². The van der Waals surface area contributed by atoms with Crippen LogP contribution in [0.2, 0.25) is 0 Å². The fourth-order valence-electron chi connectivity index (χ4n) is 4.23. The Morgan fingerprint density at radius 1 is 0.769 bits per heavy atom. The van der Waals surface area contributed by atoms with Gasteiger partial charge in [-0.1, -0.05) is 12.1 Å². The first-order chi connectivity index (χ1) is 18.0. The van der Waals surface area contributed by atoms with Gasteiger partial charge in [0, 0.05) is 41.2 Å². The van der Waals surface area contributed by atoms with Crippen molar-refractivity contribution in [1.82, 2.24) is 0 Å². The number of aromatic nitrogens is 2. The molecule has 5 N–H and O–H groups in total. The summed E-state index contributed by atoms with van der Waals surface area (Å²) in [6, 6.07) is 27.2. The number of benzene rings is 3. The van der Waals surface area contributed by atoms with Crippen LogP contribution in [0, 0.1) is 0 Å². The Balaban J connectivity index is 0.00000210. The fraction of sp³-hybridized carbons (Fsp3) is 0.100. The molecule has 0 atom stereocenters. The van der Waals surface area contributed by atoms with Gasteiger partial charge in [-0.3, -0.25) is 4.79 Å². The number of aryl methyl sites for hydroxylation is 2. The molecule has 0 spiro atoms. The quantitative estimate of drug-likeness (QED) is 0.101. The van der Waals surface area contributed by atoms with Crippen LogP contribution in [0.5, 0.6) is 0 Å². The molecule has 5 rings (SSSR count). The molecule has 3 aromatic carbocycles. The van der Waals surface area contributed by atoms with Gasteiger partial charge in [-0.05, 0) is 55.5 Å². The lowest BCUT2D eigenvalue weighted by Crippen LogP contribution is -3.00. The minimum atomic E-state index is -0.198. The molecule has 2 aromatic heterocycles. The van der Waals surface area contributed by atoms with E-state index in [1.807, 2.05) is 84.7 Å². The van der Waals surface area contributed by atoms with Gasteiger partial charge in [0.15, 0.2) is 18.6 Å². The Hall–Kier alpha value is -3.45. The van der Waals surface area contributed by atoms with Crippen LogP contribution >= 0.6 is 0 Å². The molecule has 0 radical (unpaired) electrons. The maximum Gasteiger partial charge on any atom is 0.255 e. The van der Waals surface area contributed by atoms with Crippen LogP contribution in [0.15, 0.2) is 104 Å². The van der Waals surface area contributed by atoms with Gasteiger partial charge in [-0.2, -0.15) is 4.57 Å². The molecular weight excluding hydrogens is 714 g/mol. The summed E-state index contributed by atoms with van der Waals surface area (Å²) in [5.41, 5.74) is 12.8. The molecule has 5 aromatic rings. The zero-order valence-corrected chi connectivity index (χ0v) is 26.0. The van der Waals surface area contributed by atoms with Crippen molar-refractivity contribution in [2.45, 2.75) is 13.5 Å². The molecule has 0 saturated heterocycles. The van der Waals surface area contributed by atoms with Crippen LogP contribution in [-0.2, 0) is 13.6 Å². The number of amides is 1. The number of hydrogen-bond acceptors (Lipinski definition) is 4. The highest BCUT2D eigenvalue weighted by atomic mass is 127. The van der Waals surface area contributed by atoms with E-state index in [4.69, 9.17) is 5.73 Å². The molecule has 7 nitrogen and oxygen atoms in total. The lowest BCUT2D eigenvalue weighted by atomic mass is 10.1. The van der Waals surface area contributed by atoms with Crippen molar-refractivity contribution in [2.24, 2.45) is 7.05 Å². The summed E-state index contributed by atoms with van der Waals surface area (Å²) in [5.74, 6) is -0.198. The third-order valence-electron chi connectivity index (χ3n) is 6.26. The third kappa shape index (κ3) is 7.15. The van der Waals surface area contributed by atoms with Gasteiger partial charge < -0.3 is 69.6 Å². The van der Waals surface area contributed by atoms with Crippen LogP contribution in [0.25, 0.3) is 10.9 Å². The molecular formula is C30H30I2N6O. The molecule has 39 heavy (non-hydrogen) atoms. The summed E-state index contributed by atoms with van der Waals surface area (Å²) >= 11 is 0. The lowest BCUT2D eigenvalue weighted by molar-refractivity contribution is -0.671. The van der Waals surface area contributed by atoms with E-state index in [-0.39, 0.29) is 53.9 Å². The second kappa shape index (κ2) is 13.6. The first-order valence-electron chi connectivity index (χ1n) is 12.2.